The van der Waals surface area contributed by atoms with Gasteiger partial charge in [-0.05, 0) is 0 Å². The standard InChI is InChI=1S/C15H24N2O3S/c1-18-11-8-13(19-2)15(14(9-11)20-3)12(10-16)17-4-6-21-7-5-17/h8-9,12H,4-7,10,16H2,1-3H3. The maximum absolute atomic E-state index is 6.06. The topological polar surface area (TPSA) is 57.0 Å². The minimum Gasteiger partial charge on any atom is -0.496 e. The van der Waals surface area contributed by atoms with Crippen LogP contribution in [0, 0.1) is 0 Å². The highest BCUT2D eigenvalue weighted by atomic mass is 32.2. The first-order valence-electron chi connectivity index (χ1n) is 7.06. The van der Waals surface area contributed by atoms with Crippen LogP contribution in [0.1, 0.15) is 11.6 Å². The van der Waals surface area contributed by atoms with Crippen LogP contribution in [0.15, 0.2) is 12.1 Å². The molecule has 1 heterocycles. The number of nitrogens with zero attached hydrogens (tertiary/aromatic N) is 1. The summed E-state index contributed by atoms with van der Waals surface area (Å²) in [7, 11) is 4.96. The minimum atomic E-state index is 0.0988. The SMILES string of the molecule is COc1cc(OC)c(C(CN)N2CCSCC2)c(OC)c1. The Balaban J connectivity index is 2.42. The molecule has 1 aromatic rings. The van der Waals surface area contributed by atoms with E-state index < -0.39 is 0 Å². The van der Waals surface area contributed by atoms with Crippen molar-refractivity contribution in [1.29, 1.82) is 0 Å². The molecule has 118 valence electrons. The van der Waals surface area contributed by atoms with Gasteiger partial charge in [-0.1, -0.05) is 0 Å². The Morgan fingerprint density at radius 3 is 2.10 bits per heavy atom. The van der Waals surface area contributed by atoms with E-state index in [1.807, 2.05) is 23.9 Å². The van der Waals surface area contributed by atoms with Crippen LogP contribution in [0.4, 0.5) is 0 Å². The number of nitrogens with two attached hydrogens (primary N) is 1. The largest absolute Gasteiger partial charge is 0.496 e. The molecule has 0 saturated carbocycles. The van der Waals surface area contributed by atoms with Crippen molar-refractivity contribution in [2.75, 3.05) is 52.5 Å². The molecule has 1 atom stereocenters. The van der Waals surface area contributed by atoms with Gasteiger partial charge in [-0.2, -0.15) is 11.8 Å². The minimum absolute atomic E-state index is 0.0988. The molecule has 2 rings (SSSR count). The first-order valence-corrected chi connectivity index (χ1v) is 8.22. The second-order valence-electron chi connectivity index (χ2n) is 4.85. The second kappa shape index (κ2) is 7.77. The monoisotopic (exact) mass is 312 g/mol. The van der Waals surface area contributed by atoms with Crippen LogP contribution in [-0.2, 0) is 0 Å². The summed E-state index contributed by atoms with van der Waals surface area (Å²) in [5.41, 5.74) is 7.07. The molecule has 0 amide bonds. The van der Waals surface area contributed by atoms with Crippen molar-refractivity contribution < 1.29 is 14.2 Å². The van der Waals surface area contributed by atoms with Gasteiger partial charge < -0.3 is 19.9 Å². The second-order valence-corrected chi connectivity index (χ2v) is 6.07. The van der Waals surface area contributed by atoms with Gasteiger partial charge in [0.25, 0.3) is 0 Å². The fraction of sp³-hybridized carbons (Fsp3) is 0.600. The molecule has 0 radical (unpaired) electrons. The number of thioether (sulfide) groups is 1. The van der Waals surface area contributed by atoms with Gasteiger partial charge in [0.05, 0.1) is 32.9 Å². The summed E-state index contributed by atoms with van der Waals surface area (Å²) in [6.45, 7) is 2.60. The third kappa shape index (κ3) is 3.56. The molecule has 0 spiro atoms. The predicted octanol–water partition coefficient (Wildman–Crippen LogP) is 1.76. The van der Waals surface area contributed by atoms with Crippen LogP contribution in [0.5, 0.6) is 17.2 Å². The lowest BCUT2D eigenvalue weighted by Gasteiger charge is -2.35. The van der Waals surface area contributed by atoms with Gasteiger partial charge in [0.1, 0.15) is 17.2 Å². The molecule has 2 N–H and O–H groups in total. The van der Waals surface area contributed by atoms with Crippen molar-refractivity contribution in [2.45, 2.75) is 6.04 Å². The van der Waals surface area contributed by atoms with Gasteiger partial charge >= 0.3 is 0 Å². The Labute approximate surface area is 130 Å². The molecular weight excluding hydrogens is 288 g/mol. The highest BCUT2D eigenvalue weighted by Crippen LogP contribution is 2.40. The van der Waals surface area contributed by atoms with Gasteiger partial charge in [-0.25, -0.2) is 0 Å². The highest BCUT2D eigenvalue weighted by molar-refractivity contribution is 7.99. The maximum atomic E-state index is 6.06. The Morgan fingerprint density at radius 2 is 1.67 bits per heavy atom. The molecule has 1 saturated heterocycles. The van der Waals surface area contributed by atoms with Gasteiger partial charge in [0.2, 0.25) is 0 Å². The molecule has 1 aliphatic heterocycles. The lowest BCUT2D eigenvalue weighted by molar-refractivity contribution is 0.213. The summed E-state index contributed by atoms with van der Waals surface area (Å²) in [4.78, 5) is 2.41. The van der Waals surface area contributed by atoms with E-state index in [9.17, 15) is 0 Å². The molecule has 6 heteroatoms. The summed E-state index contributed by atoms with van der Waals surface area (Å²) in [6, 6.07) is 3.88. The molecule has 0 bridgehead atoms. The summed E-state index contributed by atoms with van der Waals surface area (Å²) < 4.78 is 16.4. The zero-order valence-electron chi connectivity index (χ0n) is 12.9. The third-order valence-corrected chi connectivity index (χ3v) is 4.74. The average molecular weight is 312 g/mol. The first-order chi connectivity index (χ1) is 10.2. The fourth-order valence-corrected chi connectivity index (χ4v) is 3.63. The molecule has 1 fully saturated rings. The van der Waals surface area contributed by atoms with E-state index in [2.05, 4.69) is 4.90 Å². The third-order valence-electron chi connectivity index (χ3n) is 3.80. The number of hydrogen-bond acceptors (Lipinski definition) is 6. The molecule has 1 aromatic carbocycles. The predicted molar refractivity (Wildman–Crippen MR) is 86.8 cm³/mol. The van der Waals surface area contributed by atoms with Gasteiger partial charge in [-0.15, -0.1) is 0 Å². The van der Waals surface area contributed by atoms with Crippen molar-refractivity contribution in [3.63, 3.8) is 0 Å². The lowest BCUT2D eigenvalue weighted by atomic mass is 10.0. The van der Waals surface area contributed by atoms with Crippen LogP contribution in [0.25, 0.3) is 0 Å². The van der Waals surface area contributed by atoms with Crippen molar-refractivity contribution >= 4 is 11.8 Å². The van der Waals surface area contributed by atoms with Gasteiger partial charge in [0.15, 0.2) is 0 Å². The first kappa shape index (κ1) is 16.3. The number of methoxy groups -OCH3 is 3. The van der Waals surface area contributed by atoms with Gasteiger partial charge in [-0.3, -0.25) is 4.90 Å². The van der Waals surface area contributed by atoms with Gasteiger partial charge in [0, 0.05) is 43.3 Å². The Kier molecular flexibility index (Phi) is 6.02. The molecule has 21 heavy (non-hydrogen) atoms. The van der Waals surface area contributed by atoms with Crippen molar-refractivity contribution in [2.24, 2.45) is 5.73 Å². The van der Waals surface area contributed by atoms with Crippen LogP contribution in [0.3, 0.4) is 0 Å². The molecule has 5 nitrogen and oxygen atoms in total. The zero-order valence-corrected chi connectivity index (χ0v) is 13.7. The van der Waals surface area contributed by atoms with Crippen LogP contribution >= 0.6 is 11.8 Å². The van der Waals surface area contributed by atoms with E-state index in [1.165, 1.54) is 0 Å². The number of benzene rings is 1. The average Bonchev–Trinajstić information content (AvgIpc) is 2.56. The lowest BCUT2D eigenvalue weighted by Crippen LogP contribution is -2.39. The Hall–Kier alpha value is -1.11. The van der Waals surface area contributed by atoms with Crippen molar-refractivity contribution in [3.05, 3.63) is 17.7 Å². The summed E-state index contributed by atoms with van der Waals surface area (Å²) in [5, 5.41) is 0. The number of rotatable bonds is 6. The van der Waals surface area contributed by atoms with Crippen LogP contribution in [0.2, 0.25) is 0 Å². The Morgan fingerprint density at radius 1 is 1.10 bits per heavy atom. The van der Waals surface area contributed by atoms with Crippen molar-refractivity contribution in [3.8, 4) is 17.2 Å². The highest BCUT2D eigenvalue weighted by Gasteiger charge is 2.27. The fourth-order valence-electron chi connectivity index (χ4n) is 2.70. The number of ether oxygens (including phenoxy) is 3. The molecular formula is C15H24N2O3S. The van der Waals surface area contributed by atoms with Crippen LogP contribution in [-0.4, -0.2) is 57.4 Å². The molecule has 1 aliphatic rings. The van der Waals surface area contributed by atoms with E-state index >= 15 is 0 Å². The van der Waals surface area contributed by atoms with Crippen LogP contribution < -0.4 is 19.9 Å². The maximum Gasteiger partial charge on any atom is 0.131 e. The summed E-state index contributed by atoms with van der Waals surface area (Å²) in [5.74, 6) is 4.52. The van der Waals surface area contributed by atoms with Crippen molar-refractivity contribution in [1.82, 2.24) is 4.90 Å². The van der Waals surface area contributed by atoms with E-state index in [1.54, 1.807) is 21.3 Å². The van der Waals surface area contributed by atoms with E-state index in [4.69, 9.17) is 19.9 Å². The molecule has 0 aromatic heterocycles. The molecule has 0 aliphatic carbocycles. The normalized spacial score (nSPS) is 17.3. The molecule has 1 unspecified atom stereocenters. The van der Waals surface area contributed by atoms with E-state index in [0.717, 1.165) is 47.4 Å². The Bertz CT molecular complexity index is 439. The summed E-state index contributed by atoms with van der Waals surface area (Å²) >= 11 is 1.98. The summed E-state index contributed by atoms with van der Waals surface area (Å²) in [6.07, 6.45) is 0. The van der Waals surface area contributed by atoms with E-state index in [-0.39, 0.29) is 6.04 Å². The number of hydrogen-bond donors (Lipinski definition) is 1. The zero-order chi connectivity index (χ0) is 15.2. The quantitative estimate of drug-likeness (QED) is 0.864. The van der Waals surface area contributed by atoms with E-state index in [0.29, 0.717) is 6.54 Å². The smallest absolute Gasteiger partial charge is 0.131 e.